The van der Waals surface area contributed by atoms with Crippen molar-refractivity contribution in [1.82, 2.24) is 10.6 Å². The molecule has 0 rings (SSSR count). The Labute approximate surface area is 58.8 Å². The predicted molar refractivity (Wildman–Crippen MR) is 39.0 cm³/mol. The Kier molecular flexibility index (Phi) is 3.70. The molecule has 0 heterocycles. The lowest BCUT2D eigenvalue weighted by molar-refractivity contribution is 0.253. The van der Waals surface area contributed by atoms with Gasteiger partial charge in [0.25, 0.3) is 0 Å². The van der Waals surface area contributed by atoms with E-state index >= 15 is 0 Å². The Bertz CT molecular complexity index is 125. The van der Waals surface area contributed by atoms with Crippen molar-refractivity contribution in [2.24, 2.45) is 5.73 Å². The fourth-order valence-corrected chi connectivity index (χ4v) is 0.562. The molecule has 0 bridgehead atoms. The van der Waals surface area contributed by atoms with E-state index in [4.69, 9.17) is 5.73 Å². The predicted octanol–water partition coefficient (Wildman–Crippen LogP) is -0.451. The Morgan fingerprint density at radius 3 is 2.67 bits per heavy atom. The Hall–Kier alpha value is -0.840. The molecule has 0 aliphatic heterocycles. The second-order valence-electron chi connectivity index (χ2n) is 1.35. The van der Waals surface area contributed by atoms with Gasteiger partial charge < -0.3 is 11.1 Å². The molecule has 0 unspecified atom stereocenters. The van der Waals surface area contributed by atoms with Gasteiger partial charge in [-0.05, 0) is 19.1 Å². The van der Waals surface area contributed by atoms with Crippen molar-refractivity contribution in [2.45, 2.75) is 6.92 Å². The fourth-order valence-electron chi connectivity index (χ4n) is 0.317. The number of carbonyl (C=O) groups excluding carboxylic acids is 1. The van der Waals surface area contributed by atoms with E-state index in [1.54, 1.807) is 0 Å². The maximum Gasteiger partial charge on any atom is 0.318 e. The number of carbonyl (C=O) groups is 1. The first-order valence-corrected chi connectivity index (χ1v) is 2.92. The first-order valence-electron chi connectivity index (χ1n) is 2.51. The summed E-state index contributed by atoms with van der Waals surface area (Å²) < 4.78 is 0. The third kappa shape index (κ3) is 5.02. The molecule has 0 aliphatic rings. The second kappa shape index (κ2) is 4.08. The van der Waals surface area contributed by atoms with Gasteiger partial charge in [0.15, 0.2) is 5.11 Å². The number of hydrogen-bond acceptors (Lipinski definition) is 2. The lowest BCUT2D eigenvalue weighted by Gasteiger charge is -2.02. The first kappa shape index (κ1) is 8.16. The van der Waals surface area contributed by atoms with Crippen LogP contribution in [0.15, 0.2) is 0 Å². The summed E-state index contributed by atoms with van der Waals surface area (Å²) in [6, 6.07) is -0.638. The van der Waals surface area contributed by atoms with Gasteiger partial charge in [0.05, 0.1) is 0 Å². The zero-order valence-electron chi connectivity index (χ0n) is 5.10. The summed E-state index contributed by atoms with van der Waals surface area (Å²) in [4.78, 5) is 10.1. The van der Waals surface area contributed by atoms with Crippen LogP contribution in [-0.4, -0.2) is 17.7 Å². The zero-order chi connectivity index (χ0) is 7.28. The summed E-state index contributed by atoms with van der Waals surface area (Å²) in [5, 5.41) is 5.17. The Balaban J connectivity index is 3.39. The summed E-state index contributed by atoms with van der Waals surface area (Å²) in [7, 11) is 0. The third-order valence-electron chi connectivity index (χ3n) is 0.574. The quantitative estimate of drug-likeness (QED) is 0.440. The van der Waals surface area contributed by atoms with Crippen molar-refractivity contribution in [3.05, 3.63) is 0 Å². The molecular weight excluding hydrogens is 138 g/mol. The van der Waals surface area contributed by atoms with Gasteiger partial charge in [0, 0.05) is 6.54 Å². The molecule has 0 saturated carbocycles. The lowest BCUT2D eigenvalue weighted by Crippen LogP contribution is -2.41. The number of primary amides is 1. The van der Waals surface area contributed by atoms with Gasteiger partial charge in [-0.15, -0.1) is 0 Å². The molecule has 2 amide bonds. The number of urea groups is 1. The minimum Gasteiger partial charge on any atom is -0.363 e. The normalized spacial score (nSPS) is 8.11. The van der Waals surface area contributed by atoms with E-state index in [9.17, 15) is 4.79 Å². The van der Waals surface area contributed by atoms with Crippen molar-refractivity contribution in [2.75, 3.05) is 6.54 Å². The largest absolute Gasteiger partial charge is 0.363 e. The van der Waals surface area contributed by atoms with Crippen LogP contribution in [0.3, 0.4) is 0 Å². The van der Waals surface area contributed by atoms with Crippen LogP contribution in [0.2, 0.25) is 0 Å². The van der Waals surface area contributed by atoms with Gasteiger partial charge in [-0.2, -0.15) is 0 Å². The molecule has 0 radical (unpaired) electrons. The average molecular weight is 147 g/mol. The van der Waals surface area contributed by atoms with Gasteiger partial charge in [-0.25, -0.2) is 4.79 Å². The van der Waals surface area contributed by atoms with Gasteiger partial charge in [0.2, 0.25) is 0 Å². The average Bonchev–Trinajstić information content (AvgIpc) is 1.63. The molecule has 0 aromatic carbocycles. The SMILES string of the molecule is CCNC(=S)NC(N)=O. The highest BCUT2D eigenvalue weighted by Crippen LogP contribution is 1.63. The molecule has 0 saturated heterocycles. The molecule has 4 N–H and O–H groups in total. The van der Waals surface area contributed by atoms with Crippen molar-refractivity contribution in [1.29, 1.82) is 0 Å². The van der Waals surface area contributed by atoms with Crippen LogP contribution in [0.25, 0.3) is 0 Å². The summed E-state index contributed by atoms with van der Waals surface area (Å²) in [5.41, 5.74) is 4.75. The Morgan fingerprint density at radius 1 is 1.78 bits per heavy atom. The minimum atomic E-state index is -0.638. The maximum atomic E-state index is 10.1. The van der Waals surface area contributed by atoms with E-state index in [0.29, 0.717) is 6.54 Å². The van der Waals surface area contributed by atoms with Gasteiger partial charge in [0.1, 0.15) is 0 Å². The van der Waals surface area contributed by atoms with Crippen molar-refractivity contribution in [3.8, 4) is 0 Å². The number of nitrogens with one attached hydrogen (secondary N) is 2. The molecule has 0 aromatic heterocycles. The topological polar surface area (TPSA) is 67.2 Å². The van der Waals surface area contributed by atoms with Crippen LogP contribution < -0.4 is 16.4 Å². The highest BCUT2D eigenvalue weighted by Gasteiger charge is 1.93. The van der Waals surface area contributed by atoms with Crippen LogP contribution in [0.4, 0.5) is 4.79 Å². The van der Waals surface area contributed by atoms with E-state index in [1.165, 1.54) is 0 Å². The monoisotopic (exact) mass is 147 g/mol. The van der Waals surface area contributed by atoms with E-state index < -0.39 is 6.03 Å². The van der Waals surface area contributed by atoms with Gasteiger partial charge in [-0.3, -0.25) is 5.32 Å². The summed E-state index contributed by atoms with van der Waals surface area (Å²) >= 11 is 4.61. The van der Waals surface area contributed by atoms with Crippen LogP contribution in [0.1, 0.15) is 6.92 Å². The van der Waals surface area contributed by atoms with Crippen LogP contribution >= 0.6 is 12.2 Å². The molecule has 0 atom stereocenters. The van der Waals surface area contributed by atoms with E-state index in [-0.39, 0.29) is 5.11 Å². The van der Waals surface area contributed by atoms with Gasteiger partial charge >= 0.3 is 6.03 Å². The molecule has 0 aromatic rings. The lowest BCUT2D eigenvalue weighted by atomic mass is 10.7. The molecule has 9 heavy (non-hydrogen) atoms. The number of nitrogens with two attached hydrogens (primary N) is 1. The van der Waals surface area contributed by atoms with E-state index in [0.717, 1.165) is 0 Å². The molecule has 0 fully saturated rings. The highest BCUT2D eigenvalue weighted by atomic mass is 32.1. The number of rotatable bonds is 1. The molecule has 0 aliphatic carbocycles. The van der Waals surface area contributed by atoms with E-state index in [1.807, 2.05) is 6.92 Å². The smallest absolute Gasteiger partial charge is 0.318 e. The zero-order valence-corrected chi connectivity index (χ0v) is 5.92. The van der Waals surface area contributed by atoms with Crippen LogP contribution in [0, 0.1) is 0 Å². The number of amides is 2. The maximum absolute atomic E-state index is 10.1. The van der Waals surface area contributed by atoms with Crippen LogP contribution in [-0.2, 0) is 0 Å². The molecule has 5 heteroatoms. The molecule has 4 nitrogen and oxygen atoms in total. The minimum absolute atomic E-state index is 0.269. The Morgan fingerprint density at radius 2 is 2.33 bits per heavy atom. The number of thiocarbonyl (C=S) groups is 1. The van der Waals surface area contributed by atoms with Crippen molar-refractivity contribution < 1.29 is 4.79 Å². The number of hydrogen-bond donors (Lipinski definition) is 3. The highest BCUT2D eigenvalue weighted by molar-refractivity contribution is 7.80. The molecular formula is C4H9N3OS. The van der Waals surface area contributed by atoms with E-state index in [2.05, 4.69) is 22.9 Å². The van der Waals surface area contributed by atoms with Crippen molar-refractivity contribution >= 4 is 23.4 Å². The summed E-state index contributed by atoms with van der Waals surface area (Å²) in [6.45, 7) is 2.55. The van der Waals surface area contributed by atoms with Gasteiger partial charge in [-0.1, -0.05) is 0 Å². The first-order chi connectivity index (χ1) is 4.16. The summed E-state index contributed by atoms with van der Waals surface area (Å²) in [6.07, 6.45) is 0. The van der Waals surface area contributed by atoms with Crippen LogP contribution in [0.5, 0.6) is 0 Å². The third-order valence-corrected chi connectivity index (χ3v) is 0.820. The van der Waals surface area contributed by atoms with Crippen molar-refractivity contribution in [3.63, 3.8) is 0 Å². The standard InChI is InChI=1S/C4H9N3OS/c1-2-6-4(9)7-3(5)8/h2H2,1H3,(H4,5,6,7,8,9). The fraction of sp³-hybridized carbons (Fsp3) is 0.500. The second-order valence-corrected chi connectivity index (χ2v) is 1.76. The summed E-state index contributed by atoms with van der Waals surface area (Å²) in [5.74, 6) is 0. The molecule has 52 valence electrons. The molecule has 0 spiro atoms.